The van der Waals surface area contributed by atoms with Crippen LogP contribution in [0.1, 0.15) is 6.42 Å². The molecule has 1 saturated heterocycles. The van der Waals surface area contributed by atoms with Crippen molar-refractivity contribution in [1.29, 1.82) is 0 Å². The standard InChI is InChI=1S/C12H16N2O4S/c1-19(17,18)10-4-2-9(3-5-10)14-7-6-12(13,8-14)11(15)16/h2-5H,6-8,13H2,1H3,(H,15,16). The minimum absolute atomic E-state index is 0.223. The van der Waals surface area contributed by atoms with Crippen LogP contribution in [0, 0.1) is 0 Å². The summed E-state index contributed by atoms with van der Waals surface area (Å²) >= 11 is 0. The Hall–Kier alpha value is -1.60. The van der Waals surface area contributed by atoms with Crippen molar-refractivity contribution in [3.8, 4) is 0 Å². The molecule has 1 atom stereocenters. The molecular weight excluding hydrogens is 268 g/mol. The van der Waals surface area contributed by atoms with E-state index in [-0.39, 0.29) is 11.4 Å². The van der Waals surface area contributed by atoms with Crippen molar-refractivity contribution in [2.24, 2.45) is 5.73 Å². The summed E-state index contributed by atoms with van der Waals surface area (Å²) in [4.78, 5) is 13.1. The first-order chi connectivity index (χ1) is 8.72. The SMILES string of the molecule is CS(=O)(=O)c1ccc(N2CCC(N)(C(=O)O)C2)cc1. The molecule has 0 bridgehead atoms. The molecule has 6 nitrogen and oxygen atoms in total. The van der Waals surface area contributed by atoms with E-state index in [0.29, 0.717) is 13.0 Å². The maximum absolute atomic E-state index is 11.3. The largest absolute Gasteiger partial charge is 0.480 e. The zero-order chi connectivity index (χ0) is 14.3. The molecule has 7 heteroatoms. The van der Waals surface area contributed by atoms with Gasteiger partial charge in [-0.15, -0.1) is 0 Å². The highest BCUT2D eigenvalue weighted by Gasteiger charge is 2.41. The summed E-state index contributed by atoms with van der Waals surface area (Å²) in [5.74, 6) is -1.01. The first-order valence-corrected chi connectivity index (χ1v) is 7.69. The number of anilines is 1. The van der Waals surface area contributed by atoms with Crippen LogP contribution in [0.5, 0.6) is 0 Å². The second-order valence-electron chi connectivity index (χ2n) is 4.90. The topological polar surface area (TPSA) is 101 Å². The average molecular weight is 284 g/mol. The number of carboxylic acid groups (broad SMARTS) is 1. The Morgan fingerprint density at radius 1 is 1.37 bits per heavy atom. The summed E-state index contributed by atoms with van der Waals surface area (Å²) in [6.07, 6.45) is 1.52. The molecule has 0 aromatic heterocycles. The van der Waals surface area contributed by atoms with Crippen LogP contribution in [0.2, 0.25) is 0 Å². The van der Waals surface area contributed by atoms with Crippen molar-refractivity contribution in [2.45, 2.75) is 16.9 Å². The number of nitrogens with two attached hydrogens (primary N) is 1. The predicted molar refractivity (Wildman–Crippen MR) is 70.9 cm³/mol. The van der Waals surface area contributed by atoms with Gasteiger partial charge in [-0.05, 0) is 30.7 Å². The molecule has 1 aromatic rings. The van der Waals surface area contributed by atoms with Crippen LogP contribution in [-0.2, 0) is 14.6 Å². The fourth-order valence-electron chi connectivity index (χ4n) is 2.13. The van der Waals surface area contributed by atoms with Gasteiger partial charge >= 0.3 is 5.97 Å². The van der Waals surface area contributed by atoms with Crippen LogP contribution in [0.25, 0.3) is 0 Å². The molecule has 0 spiro atoms. The lowest BCUT2D eigenvalue weighted by Crippen LogP contribution is -2.50. The highest BCUT2D eigenvalue weighted by molar-refractivity contribution is 7.90. The van der Waals surface area contributed by atoms with E-state index in [9.17, 15) is 13.2 Å². The molecule has 0 saturated carbocycles. The van der Waals surface area contributed by atoms with Crippen molar-refractivity contribution in [3.05, 3.63) is 24.3 Å². The third-order valence-electron chi connectivity index (χ3n) is 3.36. The Balaban J connectivity index is 2.19. The van der Waals surface area contributed by atoms with E-state index in [4.69, 9.17) is 10.8 Å². The van der Waals surface area contributed by atoms with Crippen LogP contribution in [-0.4, -0.2) is 44.4 Å². The fourth-order valence-corrected chi connectivity index (χ4v) is 2.76. The second kappa shape index (κ2) is 4.50. The fraction of sp³-hybridized carbons (Fsp3) is 0.417. The Morgan fingerprint density at radius 2 is 1.95 bits per heavy atom. The molecule has 2 rings (SSSR count). The minimum atomic E-state index is -3.22. The quantitative estimate of drug-likeness (QED) is 0.815. The Labute approximate surface area is 111 Å². The summed E-state index contributed by atoms with van der Waals surface area (Å²) in [6.45, 7) is 0.765. The average Bonchev–Trinajstić information content (AvgIpc) is 2.72. The number of hydrogen-bond acceptors (Lipinski definition) is 5. The van der Waals surface area contributed by atoms with Gasteiger partial charge in [0.1, 0.15) is 5.54 Å². The molecule has 0 radical (unpaired) electrons. The number of sulfone groups is 1. The van der Waals surface area contributed by atoms with E-state index in [0.717, 1.165) is 11.9 Å². The van der Waals surface area contributed by atoms with Gasteiger partial charge in [-0.3, -0.25) is 4.79 Å². The summed E-state index contributed by atoms with van der Waals surface area (Å²) in [7, 11) is -3.22. The zero-order valence-corrected chi connectivity index (χ0v) is 11.4. The van der Waals surface area contributed by atoms with Gasteiger partial charge in [-0.2, -0.15) is 0 Å². The van der Waals surface area contributed by atoms with Crippen LogP contribution < -0.4 is 10.6 Å². The number of hydrogen-bond donors (Lipinski definition) is 2. The zero-order valence-electron chi connectivity index (χ0n) is 10.5. The molecule has 1 fully saturated rings. The van der Waals surface area contributed by atoms with E-state index in [1.165, 1.54) is 12.1 Å². The summed E-state index contributed by atoms with van der Waals surface area (Å²) in [6, 6.07) is 6.37. The van der Waals surface area contributed by atoms with Gasteiger partial charge in [-0.1, -0.05) is 0 Å². The number of carbonyl (C=O) groups is 1. The normalized spacial score (nSPS) is 23.6. The lowest BCUT2D eigenvalue weighted by molar-refractivity contribution is -0.142. The molecule has 1 aliphatic rings. The highest BCUT2D eigenvalue weighted by atomic mass is 32.2. The summed E-state index contributed by atoms with van der Waals surface area (Å²) < 4.78 is 22.7. The Morgan fingerprint density at radius 3 is 2.37 bits per heavy atom. The molecule has 1 unspecified atom stereocenters. The van der Waals surface area contributed by atoms with Crippen molar-refractivity contribution in [1.82, 2.24) is 0 Å². The van der Waals surface area contributed by atoms with Gasteiger partial charge in [0.25, 0.3) is 0 Å². The predicted octanol–water partition coefficient (Wildman–Crippen LogP) is 0.0823. The molecule has 1 heterocycles. The molecule has 3 N–H and O–H groups in total. The third-order valence-corrected chi connectivity index (χ3v) is 4.49. The van der Waals surface area contributed by atoms with Crippen molar-refractivity contribution in [2.75, 3.05) is 24.2 Å². The smallest absolute Gasteiger partial charge is 0.325 e. The van der Waals surface area contributed by atoms with Crippen LogP contribution in [0.4, 0.5) is 5.69 Å². The number of carboxylic acids is 1. The minimum Gasteiger partial charge on any atom is -0.480 e. The van der Waals surface area contributed by atoms with Crippen LogP contribution >= 0.6 is 0 Å². The van der Waals surface area contributed by atoms with Gasteiger partial charge in [0.05, 0.1) is 4.90 Å². The number of benzene rings is 1. The summed E-state index contributed by atoms with van der Waals surface area (Å²) in [5, 5.41) is 9.06. The van der Waals surface area contributed by atoms with Crippen molar-refractivity contribution >= 4 is 21.5 Å². The van der Waals surface area contributed by atoms with Crippen molar-refractivity contribution < 1.29 is 18.3 Å². The molecule has 19 heavy (non-hydrogen) atoms. The molecular formula is C12H16N2O4S. The first-order valence-electron chi connectivity index (χ1n) is 5.80. The second-order valence-corrected chi connectivity index (χ2v) is 6.91. The van der Waals surface area contributed by atoms with Gasteiger partial charge in [0.15, 0.2) is 9.84 Å². The van der Waals surface area contributed by atoms with Gasteiger partial charge in [0.2, 0.25) is 0 Å². The maximum Gasteiger partial charge on any atom is 0.325 e. The lowest BCUT2D eigenvalue weighted by Gasteiger charge is -2.21. The lowest BCUT2D eigenvalue weighted by atomic mass is 10.0. The van der Waals surface area contributed by atoms with E-state index >= 15 is 0 Å². The highest BCUT2D eigenvalue weighted by Crippen LogP contribution is 2.26. The third kappa shape index (κ3) is 2.71. The van der Waals surface area contributed by atoms with E-state index in [1.54, 1.807) is 12.1 Å². The van der Waals surface area contributed by atoms with Crippen LogP contribution in [0.3, 0.4) is 0 Å². The van der Waals surface area contributed by atoms with Gasteiger partial charge in [-0.25, -0.2) is 8.42 Å². The molecule has 0 aliphatic carbocycles. The van der Waals surface area contributed by atoms with Crippen molar-refractivity contribution in [3.63, 3.8) is 0 Å². The first kappa shape index (κ1) is 13.8. The van der Waals surface area contributed by atoms with Crippen LogP contribution in [0.15, 0.2) is 29.2 Å². The molecule has 1 aliphatic heterocycles. The Bertz CT molecular complexity index is 597. The monoisotopic (exact) mass is 284 g/mol. The number of nitrogens with zero attached hydrogens (tertiary/aromatic N) is 1. The number of aliphatic carboxylic acids is 1. The van der Waals surface area contributed by atoms with E-state index in [2.05, 4.69) is 0 Å². The van der Waals surface area contributed by atoms with Gasteiger partial charge < -0.3 is 15.7 Å². The Kier molecular flexibility index (Phi) is 3.27. The van der Waals surface area contributed by atoms with E-state index < -0.39 is 21.3 Å². The molecule has 104 valence electrons. The molecule has 1 aromatic carbocycles. The maximum atomic E-state index is 11.3. The summed E-state index contributed by atoms with van der Waals surface area (Å²) in [5.41, 5.74) is 5.34. The van der Waals surface area contributed by atoms with Gasteiger partial charge in [0, 0.05) is 25.0 Å². The molecule has 0 amide bonds. The van der Waals surface area contributed by atoms with E-state index in [1.807, 2.05) is 4.90 Å². The number of rotatable bonds is 3.